The molecule has 2 aliphatic heterocycles. The van der Waals surface area contributed by atoms with Crippen molar-refractivity contribution >= 4 is 23.6 Å². The van der Waals surface area contributed by atoms with E-state index in [2.05, 4.69) is 20.5 Å². The SMILES string of the molecule is CN=C(NCc1ccc(N2CCCCC2=O)cc1)N1CCC(NC(=O)OC(C)(C)C)C1. The molecule has 0 radical (unpaired) electrons. The van der Waals surface area contributed by atoms with Crippen LogP contribution in [-0.4, -0.2) is 61.2 Å². The molecule has 8 heteroatoms. The third kappa shape index (κ3) is 6.60. The lowest BCUT2D eigenvalue weighted by Gasteiger charge is -2.27. The van der Waals surface area contributed by atoms with Gasteiger partial charge in [-0.15, -0.1) is 0 Å². The molecule has 0 bridgehead atoms. The summed E-state index contributed by atoms with van der Waals surface area (Å²) in [5.41, 5.74) is 1.59. The van der Waals surface area contributed by atoms with Gasteiger partial charge >= 0.3 is 6.09 Å². The van der Waals surface area contributed by atoms with Crippen LogP contribution < -0.4 is 15.5 Å². The van der Waals surface area contributed by atoms with Gasteiger partial charge in [0.15, 0.2) is 5.96 Å². The number of benzene rings is 1. The summed E-state index contributed by atoms with van der Waals surface area (Å²) in [7, 11) is 1.77. The van der Waals surface area contributed by atoms with Crippen LogP contribution in [-0.2, 0) is 16.1 Å². The fourth-order valence-corrected chi connectivity index (χ4v) is 3.93. The number of nitrogens with one attached hydrogen (secondary N) is 2. The van der Waals surface area contributed by atoms with Crippen LogP contribution in [0.15, 0.2) is 29.3 Å². The quantitative estimate of drug-likeness (QED) is 0.568. The molecule has 1 aromatic rings. The lowest BCUT2D eigenvalue weighted by atomic mass is 10.1. The van der Waals surface area contributed by atoms with Crippen LogP contribution in [0.25, 0.3) is 0 Å². The minimum atomic E-state index is -0.503. The number of ether oxygens (including phenoxy) is 1. The molecule has 0 saturated carbocycles. The molecular formula is C23H35N5O3. The molecule has 2 N–H and O–H groups in total. The standard InChI is InChI=1S/C23H35N5O3/c1-23(2,3)31-22(30)26-18-12-14-27(16-18)21(24-4)25-15-17-8-10-19(11-9-17)28-13-6-5-7-20(28)29/h8-11,18H,5-7,12-16H2,1-4H3,(H,24,25)(H,26,30). The van der Waals surface area contributed by atoms with Gasteiger partial charge in [0, 0.05) is 45.3 Å². The minimum absolute atomic E-state index is 0.0368. The number of guanidine groups is 1. The van der Waals surface area contributed by atoms with Crippen molar-refractivity contribution in [3.8, 4) is 0 Å². The summed E-state index contributed by atoms with van der Waals surface area (Å²) in [6.45, 7) is 8.52. The molecule has 3 rings (SSSR count). The molecule has 1 atom stereocenters. The highest BCUT2D eigenvalue weighted by molar-refractivity contribution is 5.94. The number of carbonyl (C=O) groups is 2. The normalized spacial score (nSPS) is 20.1. The van der Waals surface area contributed by atoms with E-state index in [1.165, 1.54) is 0 Å². The third-order valence-electron chi connectivity index (χ3n) is 5.44. The molecule has 31 heavy (non-hydrogen) atoms. The zero-order chi connectivity index (χ0) is 22.4. The Hall–Kier alpha value is -2.77. The number of likely N-dealkylation sites (tertiary alicyclic amines) is 1. The summed E-state index contributed by atoms with van der Waals surface area (Å²) < 4.78 is 5.35. The first kappa shape index (κ1) is 22.9. The monoisotopic (exact) mass is 429 g/mol. The maximum Gasteiger partial charge on any atom is 0.407 e. The highest BCUT2D eigenvalue weighted by atomic mass is 16.6. The van der Waals surface area contributed by atoms with E-state index in [9.17, 15) is 9.59 Å². The number of alkyl carbamates (subject to hydrolysis) is 1. The van der Waals surface area contributed by atoms with Crippen molar-refractivity contribution in [3.63, 3.8) is 0 Å². The zero-order valence-electron chi connectivity index (χ0n) is 19.1. The molecule has 8 nitrogen and oxygen atoms in total. The summed E-state index contributed by atoms with van der Waals surface area (Å²) in [5.74, 6) is 1.02. The number of carbonyl (C=O) groups excluding carboxylic acids is 2. The largest absolute Gasteiger partial charge is 0.444 e. The first-order valence-corrected chi connectivity index (χ1v) is 11.1. The van der Waals surface area contributed by atoms with Crippen LogP contribution in [0, 0.1) is 0 Å². The second-order valence-electron chi connectivity index (χ2n) is 9.15. The van der Waals surface area contributed by atoms with Gasteiger partial charge in [0.1, 0.15) is 5.60 Å². The Morgan fingerprint density at radius 3 is 2.58 bits per heavy atom. The Kier molecular flexibility index (Phi) is 7.41. The Labute approximate surface area is 185 Å². The second-order valence-corrected chi connectivity index (χ2v) is 9.15. The summed E-state index contributed by atoms with van der Waals surface area (Å²) in [5, 5.41) is 6.34. The Bertz CT molecular complexity index is 800. The maximum atomic E-state index is 12.1. The predicted octanol–water partition coefficient (Wildman–Crippen LogP) is 2.88. The van der Waals surface area contributed by atoms with Crippen molar-refractivity contribution in [1.29, 1.82) is 0 Å². The summed E-state index contributed by atoms with van der Waals surface area (Å²) in [6, 6.07) is 8.16. The van der Waals surface area contributed by atoms with E-state index in [1.54, 1.807) is 7.05 Å². The number of hydrogen-bond donors (Lipinski definition) is 2. The van der Waals surface area contributed by atoms with Crippen LogP contribution in [0.3, 0.4) is 0 Å². The highest BCUT2D eigenvalue weighted by Crippen LogP contribution is 2.21. The van der Waals surface area contributed by atoms with E-state index in [0.717, 1.165) is 49.6 Å². The van der Waals surface area contributed by atoms with Crippen LogP contribution in [0.5, 0.6) is 0 Å². The van der Waals surface area contributed by atoms with Crippen LogP contribution in [0.4, 0.5) is 10.5 Å². The van der Waals surface area contributed by atoms with Gasteiger partial charge in [-0.25, -0.2) is 4.79 Å². The predicted molar refractivity (Wildman–Crippen MR) is 122 cm³/mol. The molecule has 2 amide bonds. The van der Waals surface area contributed by atoms with Gasteiger partial charge in [0.05, 0.1) is 6.04 Å². The number of amides is 2. The zero-order valence-corrected chi connectivity index (χ0v) is 19.1. The molecule has 1 unspecified atom stereocenters. The van der Waals surface area contributed by atoms with E-state index >= 15 is 0 Å². The van der Waals surface area contributed by atoms with Gasteiger partial charge in [0.2, 0.25) is 5.91 Å². The minimum Gasteiger partial charge on any atom is -0.444 e. The smallest absolute Gasteiger partial charge is 0.407 e. The summed E-state index contributed by atoms with van der Waals surface area (Å²) in [6.07, 6.45) is 3.15. The number of nitrogens with zero attached hydrogens (tertiary/aromatic N) is 3. The fraction of sp³-hybridized carbons (Fsp3) is 0.609. The molecule has 2 aliphatic rings. The van der Waals surface area contributed by atoms with Crippen molar-refractivity contribution in [3.05, 3.63) is 29.8 Å². The van der Waals surface area contributed by atoms with Crippen molar-refractivity contribution < 1.29 is 14.3 Å². The molecule has 0 spiro atoms. The van der Waals surface area contributed by atoms with Crippen molar-refractivity contribution in [2.45, 2.75) is 64.6 Å². The molecule has 0 aliphatic carbocycles. The molecule has 170 valence electrons. The molecule has 2 fully saturated rings. The summed E-state index contributed by atoms with van der Waals surface area (Å²) in [4.78, 5) is 32.5. The van der Waals surface area contributed by atoms with E-state index < -0.39 is 5.60 Å². The lowest BCUT2D eigenvalue weighted by Crippen LogP contribution is -2.44. The number of anilines is 1. The molecule has 0 aromatic heterocycles. The average molecular weight is 430 g/mol. The van der Waals surface area contributed by atoms with Crippen LogP contribution in [0.1, 0.15) is 52.0 Å². The Morgan fingerprint density at radius 1 is 1.19 bits per heavy atom. The van der Waals surface area contributed by atoms with Gasteiger partial charge in [-0.2, -0.15) is 0 Å². The molecule has 1 aromatic carbocycles. The van der Waals surface area contributed by atoms with Gasteiger partial charge in [0.25, 0.3) is 0 Å². The van der Waals surface area contributed by atoms with Gasteiger partial charge in [-0.1, -0.05) is 12.1 Å². The van der Waals surface area contributed by atoms with Crippen molar-refractivity contribution in [1.82, 2.24) is 15.5 Å². The average Bonchev–Trinajstić information content (AvgIpc) is 3.16. The third-order valence-corrected chi connectivity index (χ3v) is 5.44. The first-order valence-electron chi connectivity index (χ1n) is 11.1. The Balaban J connectivity index is 1.48. The van der Waals surface area contributed by atoms with E-state index in [1.807, 2.05) is 49.9 Å². The topological polar surface area (TPSA) is 86.3 Å². The highest BCUT2D eigenvalue weighted by Gasteiger charge is 2.28. The second kappa shape index (κ2) is 10.0. The first-order chi connectivity index (χ1) is 14.7. The summed E-state index contributed by atoms with van der Waals surface area (Å²) >= 11 is 0. The maximum absolute atomic E-state index is 12.1. The number of piperidine rings is 1. The van der Waals surface area contributed by atoms with Gasteiger partial charge in [-0.05, 0) is 57.7 Å². The molecular weight excluding hydrogens is 394 g/mol. The fourth-order valence-electron chi connectivity index (χ4n) is 3.93. The van der Waals surface area contributed by atoms with Gasteiger partial charge in [-0.3, -0.25) is 9.79 Å². The van der Waals surface area contributed by atoms with Crippen molar-refractivity contribution in [2.24, 2.45) is 4.99 Å². The molecule has 2 heterocycles. The van der Waals surface area contributed by atoms with E-state index in [0.29, 0.717) is 19.5 Å². The van der Waals surface area contributed by atoms with Crippen LogP contribution >= 0.6 is 0 Å². The number of hydrogen-bond acceptors (Lipinski definition) is 4. The molecule has 2 saturated heterocycles. The lowest BCUT2D eigenvalue weighted by molar-refractivity contribution is -0.119. The van der Waals surface area contributed by atoms with E-state index in [-0.39, 0.29) is 18.0 Å². The Morgan fingerprint density at radius 2 is 1.94 bits per heavy atom. The van der Waals surface area contributed by atoms with Crippen LogP contribution in [0.2, 0.25) is 0 Å². The number of aliphatic imine (C=N–C) groups is 1. The van der Waals surface area contributed by atoms with E-state index in [4.69, 9.17) is 4.74 Å². The van der Waals surface area contributed by atoms with Gasteiger partial charge < -0.3 is 25.2 Å². The van der Waals surface area contributed by atoms with Crippen molar-refractivity contribution in [2.75, 3.05) is 31.6 Å². The number of rotatable bonds is 4.